The van der Waals surface area contributed by atoms with Crippen molar-refractivity contribution in [3.63, 3.8) is 0 Å². The van der Waals surface area contributed by atoms with E-state index < -0.39 is 0 Å². The third-order valence-electron chi connectivity index (χ3n) is 5.11. The van der Waals surface area contributed by atoms with Crippen LogP contribution < -0.4 is 4.90 Å². The van der Waals surface area contributed by atoms with E-state index in [1.807, 2.05) is 24.8 Å². The lowest BCUT2D eigenvalue weighted by atomic mass is 9.91. The Labute approximate surface area is 168 Å². The fourth-order valence-corrected chi connectivity index (χ4v) is 6.42. The average molecular weight is 403 g/mol. The van der Waals surface area contributed by atoms with Gasteiger partial charge in [0.2, 0.25) is 0 Å². The number of rotatable bonds is 3. The van der Waals surface area contributed by atoms with Crippen molar-refractivity contribution in [2.24, 2.45) is 0 Å². The molecule has 1 aromatic carbocycles. The van der Waals surface area contributed by atoms with E-state index in [9.17, 15) is 4.79 Å². The number of thioether (sulfide) groups is 2. The molecule has 0 bridgehead atoms. The quantitative estimate of drug-likeness (QED) is 0.517. The number of hydrogen-bond donors (Lipinski definition) is 0. The van der Waals surface area contributed by atoms with E-state index in [4.69, 9.17) is 12.2 Å². The number of likely N-dealkylation sites (N-methyl/N-ethyl adjacent to an activating group) is 1. The molecule has 4 rings (SSSR count). The van der Waals surface area contributed by atoms with Crippen molar-refractivity contribution in [2.75, 3.05) is 18.0 Å². The molecule has 0 atom stereocenters. The van der Waals surface area contributed by atoms with Gasteiger partial charge in [0.25, 0.3) is 5.91 Å². The van der Waals surface area contributed by atoms with Crippen LogP contribution in [0.5, 0.6) is 0 Å². The van der Waals surface area contributed by atoms with Crippen LogP contribution in [0.15, 0.2) is 39.1 Å². The predicted molar refractivity (Wildman–Crippen MR) is 116 cm³/mol. The van der Waals surface area contributed by atoms with Crippen molar-refractivity contribution in [3.05, 3.63) is 45.3 Å². The van der Waals surface area contributed by atoms with Gasteiger partial charge in [0.05, 0.1) is 15.6 Å². The monoisotopic (exact) mass is 402 g/mol. The van der Waals surface area contributed by atoms with E-state index in [1.54, 1.807) is 4.90 Å². The van der Waals surface area contributed by atoms with E-state index in [1.165, 1.54) is 64.2 Å². The Kier molecular flexibility index (Phi) is 5.17. The minimum atomic E-state index is 0.0280. The van der Waals surface area contributed by atoms with Crippen LogP contribution in [0.4, 0.5) is 5.69 Å². The lowest BCUT2D eigenvalue weighted by Gasteiger charge is -2.21. The van der Waals surface area contributed by atoms with Crippen LogP contribution in [0.1, 0.15) is 37.8 Å². The minimum Gasteiger partial charge on any atom is -0.335 e. The molecule has 1 fully saturated rings. The Morgan fingerprint density at radius 2 is 1.85 bits per heavy atom. The average Bonchev–Trinajstić information content (AvgIpc) is 3.16. The number of thiocarbonyl (C=S) groups is 1. The summed E-state index contributed by atoms with van der Waals surface area (Å²) in [5, 5.41) is 1.20. The van der Waals surface area contributed by atoms with E-state index in [2.05, 4.69) is 30.0 Å². The Morgan fingerprint density at radius 3 is 2.58 bits per heavy atom. The third kappa shape index (κ3) is 3.02. The van der Waals surface area contributed by atoms with Gasteiger partial charge in [0.1, 0.15) is 4.32 Å². The molecule has 0 N–H and O–H groups in total. The number of aryl methyl sites for hydroxylation is 1. The number of carbonyl (C=O) groups excluding carboxylic acids is 1. The zero-order chi connectivity index (χ0) is 18.3. The second kappa shape index (κ2) is 7.41. The molecule has 26 heavy (non-hydrogen) atoms. The normalized spacial score (nSPS) is 22.5. The molecule has 136 valence electrons. The summed E-state index contributed by atoms with van der Waals surface area (Å²) in [6.45, 7) is 5.69. The summed E-state index contributed by atoms with van der Waals surface area (Å²) in [5.74, 6) is 0.0280. The van der Waals surface area contributed by atoms with E-state index in [0.717, 1.165) is 11.4 Å². The van der Waals surface area contributed by atoms with Crippen LogP contribution in [-0.2, 0) is 17.6 Å². The molecule has 3 aliphatic rings. The molecule has 0 spiro atoms. The Balaban J connectivity index is 1.66. The van der Waals surface area contributed by atoms with Crippen molar-refractivity contribution in [2.45, 2.75) is 44.4 Å². The molecule has 1 amide bonds. The highest BCUT2D eigenvalue weighted by atomic mass is 32.2. The molecule has 2 heterocycles. The summed E-state index contributed by atoms with van der Waals surface area (Å²) in [6.07, 6.45) is 9.01. The molecule has 0 aromatic heterocycles. The maximum atomic E-state index is 12.4. The lowest BCUT2D eigenvalue weighted by Crippen LogP contribution is -2.27. The van der Waals surface area contributed by atoms with Gasteiger partial charge in [-0.2, -0.15) is 0 Å². The van der Waals surface area contributed by atoms with Crippen molar-refractivity contribution in [1.29, 1.82) is 0 Å². The molecular formula is C20H22N2OS3. The van der Waals surface area contributed by atoms with E-state index >= 15 is 0 Å². The zero-order valence-electron chi connectivity index (χ0n) is 15.1. The summed E-state index contributed by atoms with van der Waals surface area (Å²) < 4.78 is 0.658. The van der Waals surface area contributed by atoms with Gasteiger partial charge < -0.3 is 4.90 Å². The van der Waals surface area contributed by atoms with E-state index in [0.29, 0.717) is 10.9 Å². The number of fused-ring (bicyclic) bond motifs is 3. The minimum absolute atomic E-state index is 0.0280. The number of amides is 1. The number of nitrogens with zero attached hydrogens (tertiary/aromatic N) is 2. The summed E-state index contributed by atoms with van der Waals surface area (Å²) >= 11 is 8.56. The molecule has 2 aliphatic heterocycles. The Morgan fingerprint density at radius 1 is 1.08 bits per heavy atom. The first-order valence-electron chi connectivity index (χ1n) is 9.19. The van der Waals surface area contributed by atoms with Gasteiger partial charge >= 0.3 is 0 Å². The molecule has 6 heteroatoms. The topological polar surface area (TPSA) is 23.6 Å². The van der Waals surface area contributed by atoms with Gasteiger partial charge in [0, 0.05) is 18.0 Å². The van der Waals surface area contributed by atoms with Crippen LogP contribution >= 0.6 is 35.7 Å². The van der Waals surface area contributed by atoms with Crippen molar-refractivity contribution in [3.8, 4) is 0 Å². The van der Waals surface area contributed by atoms with Gasteiger partial charge in [-0.15, -0.1) is 0 Å². The first-order chi connectivity index (χ1) is 12.6. The lowest BCUT2D eigenvalue weighted by molar-refractivity contribution is -0.122. The summed E-state index contributed by atoms with van der Waals surface area (Å²) in [5.41, 5.74) is 4.38. The van der Waals surface area contributed by atoms with Crippen LogP contribution in [0, 0.1) is 0 Å². The molecule has 0 radical (unpaired) electrons. The molecule has 0 saturated carbocycles. The van der Waals surface area contributed by atoms with Crippen molar-refractivity contribution in [1.82, 2.24) is 4.90 Å². The highest BCUT2D eigenvalue weighted by molar-refractivity contribution is 8.26. The maximum absolute atomic E-state index is 12.4. The second-order valence-electron chi connectivity index (χ2n) is 6.56. The standard InChI is InChI=1S/C20H22N2OS3/c1-3-21-15-10-9-13-7-5-6-8-14(13)18(15)26-17(21)12-11-16-19(23)22(4-2)20(24)25-16/h9-12H,3-8H2,1-2H3/b16-11+,17-12-. The van der Waals surface area contributed by atoms with Gasteiger partial charge in [-0.3, -0.25) is 9.69 Å². The second-order valence-corrected chi connectivity index (χ2v) is 9.26. The SMILES string of the molecule is CCN1C(=O)/C(=C\C=C2/Sc3c(ccc4c3CCCC4)N2CC)SC1=S. The first-order valence-corrected chi connectivity index (χ1v) is 11.2. The molecule has 1 aliphatic carbocycles. The summed E-state index contributed by atoms with van der Waals surface area (Å²) in [4.78, 5) is 18.6. The largest absolute Gasteiger partial charge is 0.335 e. The fourth-order valence-electron chi connectivity index (χ4n) is 3.77. The van der Waals surface area contributed by atoms with Crippen LogP contribution in [0.2, 0.25) is 0 Å². The van der Waals surface area contributed by atoms with Gasteiger partial charge in [0.15, 0.2) is 0 Å². The first kappa shape index (κ1) is 18.1. The van der Waals surface area contributed by atoms with Crippen molar-refractivity contribution < 1.29 is 4.79 Å². The van der Waals surface area contributed by atoms with Crippen LogP contribution in [0.25, 0.3) is 0 Å². The van der Waals surface area contributed by atoms with Crippen LogP contribution in [0.3, 0.4) is 0 Å². The fraction of sp³-hybridized carbons (Fsp3) is 0.400. The smallest absolute Gasteiger partial charge is 0.266 e. The predicted octanol–water partition coefficient (Wildman–Crippen LogP) is 5.10. The molecular weight excluding hydrogens is 380 g/mol. The van der Waals surface area contributed by atoms with Gasteiger partial charge in [-0.05, 0) is 68.9 Å². The maximum Gasteiger partial charge on any atom is 0.266 e. The molecule has 0 unspecified atom stereocenters. The van der Waals surface area contributed by atoms with Gasteiger partial charge in [-0.1, -0.05) is 41.8 Å². The number of anilines is 1. The van der Waals surface area contributed by atoms with Crippen LogP contribution in [-0.4, -0.2) is 28.2 Å². The number of allylic oxidation sites excluding steroid dienone is 2. The summed E-state index contributed by atoms with van der Waals surface area (Å²) in [6, 6.07) is 4.58. The zero-order valence-corrected chi connectivity index (χ0v) is 17.5. The molecule has 3 nitrogen and oxygen atoms in total. The Bertz CT molecular complexity index is 844. The Hall–Kier alpha value is -1.24. The summed E-state index contributed by atoms with van der Waals surface area (Å²) in [7, 11) is 0. The number of benzene rings is 1. The molecule has 1 aromatic rings. The number of carbonyl (C=O) groups is 1. The van der Waals surface area contributed by atoms with Crippen molar-refractivity contribution >= 4 is 51.7 Å². The molecule has 1 saturated heterocycles. The number of hydrogen-bond acceptors (Lipinski definition) is 5. The third-order valence-corrected chi connectivity index (χ3v) is 7.73. The van der Waals surface area contributed by atoms with E-state index in [-0.39, 0.29) is 5.91 Å². The highest BCUT2D eigenvalue weighted by Gasteiger charge is 2.31. The van der Waals surface area contributed by atoms with Gasteiger partial charge in [-0.25, -0.2) is 0 Å². The highest BCUT2D eigenvalue weighted by Crippen LogP contribution is 2.50.